The zero-order valence-corrected chi connectivity index (χ0v) is 17.3. The van der Waals surface area contributed by atoms with Gasteiger partial charge in [-0.05, 0) is 75.5 Å². The number of aryl methyl sites for hydroxylation is 1. The van der Waals surface area contributed by atoms with Crippen LogP contribution in [0.5, 0.6) is 0 Å². The second kappa shape index (κ2) is 6.81. The van der Waals surface area contributed by atoms with Gasteiger partial charge in [0.05, 0.1) is 11.2 Å². The van der Waals surface area contributed by atoms with Crippen LogP contribution >= 0.6 is 0 Å². The van der Waals surface area contributed by atoms with Crippen molar-refractivity contribution in [3.8, 4) is 22.8 Å². The van der Waals surface area contributed by atoms with E-state index in [0.29, 0.717) is 17.8 Å². The molecule has 1 aliphatic rings. The van der Waals surface area contributed by atoms with Gasteiger partial charge in [0.2, 0.25) is 5.82 Å². The van der Waals surface area contributed by atoms with Gasteiger partial charge in [-0.15, -0.1) is 0 Å². The molecule has 5 rings (SSSR count). The average Bonchev–Trinajstić information content (AvgIpc) is 3.34. The van der Waals surface area contributed by atoms with Crippen LogP contribution in [0.3, 0.4) is 0 Å². The van der Waals surface area contributed by atoms with Crippen LogP contribution in [0.15, 0.2) is 34.9 Å². The summed E-state index contributed by atoms with van der Waals surface area (Å²) in [5.74, 6) is 1.19. The SMILES string of the molecule is Cc1c(-c2noc(-c3ccc4c(c3)c(C)nn4C(C)C)n2)ccc2c1CCNC2. The smallest absolute Gasteiger partial charge is 0.258 e. The van der Waals surface area contributed by atoms with E-state index in [0.717, 1.165) is 47.2 Å². The minimum atomic E-state index is 0.314. The molecule has 4 aromatic rings. The third-order valence-corrected chi connectivity index (χ3v) is 5.86. The summed E-state index contributed by atoms with van der Waals surface area (Å²) >= 11 is 0. The fourth-order valence-electron chi connectivity index (χ4n) is 4.28. The third-order valence-electron chi connectivity index (χ3n) is 5.86. The minimum Gasteiger partial charge on any atom is -0.334 e. The Kier molecular flexibility index (Phi) is 4.24. The predicted molar refractivity (Wildman–Crippen MR) is 114 cm³/mol. The summed E-state index contributed by atoms with van der Waals surface area (Å²) in [5.41, 5.74) is 8.12. The molecule has 0 unspecified atom stereocenters. The van der Waals surface area contributed by atoms with Crippen LogP contribution in [-0.4, -0.2) is 26.5 Å². The molecule has 0 saturated heterocycles. The van der Waals surface area contributed by atoms with Gasteiger partial charge in [-0.25, -0.2) is 0 Å². The largest absolute Gasteiger partial charge is 0.334 e. The molecule has 0 atom stereocenters. The van der Waals surface area contributed by atoms with Crippen molar-refractivity contribution in [2.45, 2.75) is 46.7 Å². The molecule has 29 heavy (non-hydrogen) atoms. The lowest BCUT2D eigenvalue weighted by molar-refractivity contribution is 0.432. The van der Waals surface area contributed by atoms with Crippen LogP contribution in [0.2, 0.25) is 0 Å². The second-order valence-corrected chi connectivity index (χ2v) is 8.08. The van der Waals surface area contributed by atoms with Gasteiger partial charge in [-0.1, -0.05) is 17.3 Å². The topological polar surface area (TPSA) is 68.8 Å². The van der Waals surface area contributed by atoms with Gasteiger partial charge in [0.1, 0.15) is 0 Å². The molecule has 6 heteroatoms. The van der Waals surface area contributed by atoms with Crippen LogP contribution < -0.4 is 5.32 Å². The molecule has 0 bridgehead atoms. The molecule has 1 aliphatic heterocycles. The van der Waals surface area contributed by atoms with Gasteiger partial charge in [-0.3, -0.25) is 4.68 Å². The fraction of sp³-hybridized carbons (Fsp3) is 0.348. The molecule has 0 saturated carbocycles. The Balaban J connectivity index is 1.55. The normalized spacial score (nSPS) is 14.0. The van der Waals surface area contributed by atoms with Crippen LogP contribution in [-0.2, 0) is 13.0 Å². The standard InChI is InChI=1S/C23H25N5O/c1-13(2)28-21-8-6-16(11-20(21)15(4)26-28)23-25-22(27-29-23)19-7-5-17-12-24-10-9-18(17)14(19)3/h5-8,11,13,24H,9-10,12H2,1-4H3. The summed E-state index contributed by atoms with van der Waals surface area (Å²) in [5, 5.41) is 13.5. The number of hydrogen-bond donors (Lipinski definition) is 1. The Morgan fingerprint density at radius 2 is 2.00 bits per heavy atom. The minimum absolute atomic E-state index is 0.314. The lowest BCUT2D eigenvalue weighted by Crippen LogP contribution is -2.24. The number of benzene rings is 2. The monoisotopic (exact) mass is 387 g/mol. The van der Waals surface area contributed by atoms with E-state index in [2.05, 4.69) is 65.3 Å². The molecule has 1 N–H and O–H groups in total. The van der Waals surface area contributed by atoms with Crippen molar-refractivity contribution in [3.63, 3.8) is 0 Å². The first kappa shape index (κ1) is 18.1. The molecule has 6 nitrogen and oxygen atoms in total. The second-order valence-electron chi connectivity index (χ2n) is 8.08. The van der Waals surface area contributed by atoms with Crippen molar-refractivity contribution in [1.82, 2.24) is 25.2 Å². The summed E-state index contributed by atoms with van der Waals surface area (Å²) in [6, 6.07) is 10.8. The first-order valence-corrected chi connectivity index (χ1v) is 10.2. The van der Waals surface area contributed by atoms with Crippen LogP contribution in [0.1, 0.15) is 42.3 Å². The summed E-state index contributed by atoms with van der Waals surface area (Å²) in [6.07, 6.45) is 1.04. The van der Waals surface area contributed by atoms with Crippen molar-refractivity contribution in [3.05, 3.63) is 52.7 Å². The fourth-order valence-corrected chi connectivity index (χ4v) is 4.28. The van der Waals surface area contributed by atoms with E-state index in [1.165, 1.54) is 16.7 Å². The van der Waals surface area contributed by atoms with Crippen molar-refractivity contribution < 1.29 is 4.52 Å². The molecule has 0 radical (unpaired) electrons. The molecule has 0 spiro atoms. The summed E-state index contributed by atoms with van der Waals surface area (Å²) in [4.78, 5) is 4.72. The maximum atomic E-state index is 5.65. The van der Waals surface area contributed by atoms with Gasteiger partial charge in [0.15, 0.2) is 0 Å². The first-order valence-electron chi connectivity index (χ1n) is 10.2. The van der Waals surface area contributed by atoms with Crippen molar-refractivity contribution in [1.29, 1.82) is 0 Å². The highest BCUT2D eigenvalue weighted by molar-refractivity contribution is 5.86. The van der Waals surface area contributed by atoms with E-state index in [1.54, 1.807) is 0 Å². The Bertz CT molecular complexity index is 1220. The van der Waals surface area contributed by atoms with E-state index in [-0.39, 0.29) is 0 Å². The molecule has 0 amide bonds. The highest BCUT2D eigenvalue weighted by atomic mass is 16.5. The number of fused-ring (bicyclic) bond motifs is 2. The zero-order chi connectivity index (χ0) is 20.1. The Hall–Kier alpha value is -2.99. The summed E-state index contributed by atoms with van der Waals surface area (Å²) < 4.78 is 7.70. The lowest BCUT2D eigenvalue weighted by atomic mass is 9.92. The molecule has 148 valence electrons. The number of hydrogen-bond acceptors (Lipinski definition) is 5. The first-order chi connectivity index (χ1) is 14.0. The van der Waals surface area contributed by atoms with Gasteiger partial charge in [-0.2, -0.15) is 10.1 Å². The van der Waals surface area contributed by atoms with Crippen LogP contribution in [0, 0.1) is 13.8 Å². The molecule has 2 aromatic carbocycles. The van der Waals surface area contributed by atoms with E-state index >= 15 is 0 Å². The molecular formula is C23H25N5O. The maximum absolute atomic E-state index is 5.65. The van der Waals surface area contributed by atoms with E-state index in [9.17, 15) is 0 Å². The maximum Gasteiger partial charge on any atom is 0.258 e. The summed E-state index contributed by atoms with van der Waals surface area (Å²) in [7, 11) is 0. The number of nitrogens with zero attached hydrogens (tertiary/aromatic N) is 4. The van der Waals surface area contributed by atoms with E-state index in [1.807, 2.05) is 13.0 Å². The molecule has 3 heterocycles. The number of rotatable bonds is 3. The van der Waals surface area contributed by atoms with Crippen molar-refractivity contribution in [2.75, 3.05) is 6.54 Å². The number of aromatic nitrogens is 4. The molecule has 2 aromatic heterocycles. The van der Waals surface area contributed by atoms with Crippen LogP contribution in [0.25, 0.3) is 33.7 Å². The Morgan fingerprint density at radius 1 is 1.14 bits per heavy atom. The van der Waals surface area contributed by atoms with Gasteiger partial charge in [0.25, 0.3) is 5.89 Å². The highest BCUT2D eigenvalue weighted by Crippen LogP contribution is 2.31. The van der Waals surface area contributed by atoms with E-state index in [4.69, 9.17) is 9.51 Å². The molecule has 0 fully saturated rings. The quantitative estimate of drug-likeness (QED) is 0.556. The van der Waals surface area contributed by atoms with E-state index < -0.39 is 0 Å². The Morgan fingerprint density at radius 3 is 2.83 bits per heavy atom. The molecule has 0 aliphatic carbocycles. The van der Waals surface area contributed by atoms with Gasteiger partial charge >= 0.3 is 0 Å². The van der Waals surface area contributed by atoms with Crippen molar-refractivity contribution in [2.24, 2.45) is 0 Å². The average molecular weight is 387 g/mol. The zero-order valence-electron chi connectivity index (χ0n) is 17.3. The van der Waals surface area contributed by atoms with Crippen molar-refractivity contribution >= 4 is 10.9 Å². The molecular weight excluding hydrogens is 362 g/mol. The third kappa shape index (κ3) is 2.95. The Labute approximate surface area is 169 Å². The predicted octanol–water partition coefficient (Wildman–Crippen LogP) is 4.60. The van der Waals surface area contributed by atoms with Gasteiger partial charge < -0.3 is 9.84 Å². The van der Waals surface area contributed by atoms with Crippen LogP contribution in [0.4, 0.5) is 0 Å². The highest BCUT2D eigenvalue weighted by Gasteiger charge is 2.19. The van der Waals surface area contributed by atoms with Gasteiger partial charge in [0, 0.05) is 29.1 Å². The summed E-state index contributed by atoms with van der Waals surface area (Å²) in [6.45, 7) is 10.4. The lowest BCUT2D eigenvalue weighted by Gasteiger charge is -2.20. The number of nitrogens with one attached hydrogen (secondary N) is 1.